The second-order valence-corrected chi connectivity index (χ2v) is 7.13. The Morgan fingerprint density at radius 2 is 1.61 bits per heavy atom. The molecule has 2 aromatic carbocycles. The van der Waals surface area contributed by atoms with Crippen LogP contribution >= 0.6 is 0 Å². The molecule has 0 unspecified atom stereocenters. The third-order valence-electron chi connectivity index (χ3n) is 5.01. The maximum Gasteiger partial charge on any atom is 0.264 e. The fourth-order valence-corrected chi connectivity index (χ4v) is 3.60. The lowest BCUT2D eigenvalue weighted by Gasteiger charge is -2.27. The predicted octanol–water partition coefficient (Wildman–Crippen LogP) is 4.71. The summed E-state index contributed by atoms with van der Waals surface area (Å²) in [5.74, 6) is -0.275. The average Bonchev–Trinajstić information content (AvgIpc) is 2.67. The number of amides is 1. The van der Waals surface area contributed by atoms with Gasteiger partial charge >= 0.3 is 0 Å². The SMILES string of the molecule is CCc1cc(=O)c(C(=O)N(Cc2ccccc2)c2c(C)cccc2C)c(C)[nH]1. The van der Waals surface area contributed by atoms with Gasteiger partial charge in [0.25, 0.3) is 5.91 Å². The first-order chi connectivity index (χ1) is 13.4. The molecule has 0 aliphatic heterocycles. The number of pyridine rings is 1. The Labute approximate surface area is 165 Å². The minimum absolute atomic E-state index is 0.204. The van der Waals surface area contributed by atoms with Crippen molar-refractivity contribution in [1.82, 2.24) is 4.98 Å². The van der Waals surface area contributed by atoms with E-state index in [1.807, 2.05) is 69.3 Å². The van der Waals surface area contributed by atoms with Gasteiger partial charge in [0.05, 0.1) is 12.2 Å². The highest BCUT2D eigenvalue weighted by molar-refractivity contribution is 6.07. The first-order valence-electron chi connectivity index (χ1n) is 9.57. The smallest absolute Gasteiger partial charge is 0.264 e. The number of H-pyrrole nitrogens is 1. The minimum Gasteiger partial charge on any atom is -0.362 e. The quantitative estimate of drug-likeness (QED) is 0.703. The number of rotatable bonds is 5. The second-order valence-electron chi connectivity index (χ2n) is 7.13. The molecule has 0 saturated carbocycles. The topological polar surface area (TPSA) is 53.2 Å². The Balaban J connectivity index is 2.14. The van der Waals surface area contributed by atoms with Gasteiger partial charge in [0, 0.05) is 17.5 Å². The summed E-state index contributed by atoms with van der Waals surface area (Å²) >= 11 is 0. The van der Waals surface area contributed by atoms with E-state index in [-0.39, 0.29) is 16.9 Å². The fraction of sp³-hybridized carbons (Fsp3) is 0.250. The molecule has 0 aliphatic rings. The van der Waals surface area contributed by atoms with Crippen LogP contribution in [0.25, 0.3) is 0 Å². The number of hydrogen-bond donors (Lipinski definition) is 1. The zero-order valence-electron chi connectivity index (χ0n) is 16.9. The van der Waals surface area contributed by atoms with E-state index in [2.05, 4.69) is 4.98 Å². The van der Waals surface area contributed by atoms with Crippen molar-refractivity contribution in [2.24, 2.45) is 0 Å². The van der Waals surface area contributed by atoms with Crippen molar-refractivity contribution in [3.8, 4) is 0 Å². The second kappa shape index (κ2) is 8.26. The first kappa shape index (κ1) is 19.6. The van der Waals surface area contributed by atoms with Crippen molar-refractivity contribution in [2.45, 2.75) is 40.7 Å². The Kier molecular flexibility index (Phi) is 5.78. The normalized spacial score (nSPS) is 10.7. The lowest BCUT2D eigenvalue weighted by molar-refractivity contribution is 0.0982. The van der Waals surface area contributed by atoms with Crippen LogP contribution in [0.1, 0.15) is 45.4 Å². The van der Waals surface area contributed by atoms with Crippen LogP contribution in [0, 0.1) is 20.8 Å². The van der Waals surface area contributed by atoms with Gasteiger partial charge in [-0.25, -0.2) is 0 Å². The highest BCUT2D eigenvalue weighted by atomic mass is 16.2. The molecule has 4 heteroatoms. The Bertz CT molecular complexity index is 1030. The van der Waals surface area contributed by atoms with Crippen molar-refractivity contribution in [3.63, 3.8) is 0 Å². The average molecular weight is 374 g/mol. The molecule has 0 bridgehead atoms. The van der Waals surface area contributed by atoms with Crippen molar-refractivity contribution in [2.75, 3.05) is 4.90 Å². The molecule has 3 aromatic rings. The number of carbonyl (C=O) groups excluding carboxylic acids is 1. The largest absolute Gasteiger partial charge is 0.362 e. The lowest BCUT2D eigenvalue weighted by atomic mass is 10.0. The van der Waals surface area contributed by atoms with Crippen LogP contribution in [0.3, 0.4) is 0 Å². The summed E-state index contributed by atoms with van der Waals surface area (Å²) in [7, 11) is 0. The summed E-state index contributed by atoms with van der Waals surface area (Å²) in [4.78, 5) is 31.3. The van der Waals surface area contributed by atoms with Gasteiger partial charge < -0.3 is 9.88 Å². The molecule has 0 saturated heterocycles. The van der Waals surface area contributed by atoms with E-state index in [0.717, 1.165) is 34.5 Å². The third kappa shape index (κ3) is 3.91. The van der Waals surface area contributed by atoms with Crippen LogP contribution in [0.4, 0.5) is 5.69 Å². The summed E-state index contributed by atoms with van der Waals surface area (Å²) in [5.41, 5.74) is 5.29. The summed E-state index contributed by atoms with van der Waals surface area (Å²) in [6.45, 7) is 8.15. The molecule has 0 spiro atoms. The van der Waals surface area contributed by atoms with Crippen LogP contribution in [0.2, 0.25) is 0 Å². The van der Waals surface area contributed by atoms with Gasteiger partial charge in [-0.15, -0.1) is 0 Å². The standard InChI is InChI=1S/C24H26N2O2/c1-5-20-14-21(27)22(18(4)25-20)24(28)26(15-19-12-7-6-8-13-19)23-16(2)10-9-11-17(23)3/h6-14H,5,15H2,1-4H3,(H,25,27). The predicted molar refractivity (Wildman–Crippen MR) is 114 cm³/mol. The molecule has 3 rings (SSSR count). The number of carbonyl (C=O) groups is 1. The van der Waals surface area contributed by atoms with Gasteiger partial charge in [-0.1, -0.05) is 55.5 Å². The molecule has 0 atom stereocenters. The number of aromatic amines is 1. The van der Waals surface area contributed by atoms with Gasteiger partial charge in [0.1, 0.15) is 5.56 Å². The third-order valence-corrected chi connectivity index (χ3v) is 5.01. The maximum atomic E-state index is 13.6. The Morgan fingerprint density at radius 1 is 0.964 bits per heavy atom. The van der Waals surface area contributed by atoms with Crippen LogP contribution < -0.4 is 10.3 Å². The number of nitrogens with zero attached hydrogens (tertiary/aromatic N) is 1. The molecule has 1 amide bonds. The van der Waals surface area contributed by atoms with E-state index in [1.165, 1.54) is 6.07 Å². The van der Waals surface area contributed by atoms with Crippen LogP contribution in [0.15, 0.2) is 59.4 Å². The molecule has 1 N–H and O–H groups in total. The summed E-state index contributed by atoms with van der Waals surface area (Å²) in [6, 6.07) is 17.3. The molecule has 1 aromatic heterocycles. The van der Waals surface area contributed by atoms with E-state index >= 15 is 0 Å². The van der Waals surface area contributed by atoms with Crippen molar-refractivity contribution in [1.29, 1.82) is 0 Å². The van der Waals surface area contributed by atoms with E-state index in [4.69, 9.17) is 0 Å². The van der Waals surface area contributed by atoms with E-state index in [9.17, 15) is 9.59 Å². The zero-order valence-corrected chi connectivity index (χ0v) is 16.9. The van der Waals surface area contributed by atoms with E-state index in [1.54, 1.807) is 11.8 Å². The van der Waals surface area contributed by atoms with Gasteiger partial charge in [-0.3, -0.25) is 9.59 Å². The molecule has 0 aliphatic carbocycles. The highest BCUT2D eigenvalue weighted by Gasteiger charge is 2.25. The lowest BCUT2D eigenvalue weighted by Crippen LogP contribution is -2.36. The summed E-state index contributed by atoms with van der Waals surface area (Å²) in [5, 5.41) is 0. The van der Waals surface area contributed by atoms with Crippen LogP contribution in [-0.4, -0.2) is 10.9 Å². The number of benzene rings is 2. The minimum atomic E-state index is -0.275. The zero-order chi connectivity index (χ0) is 20.3. The summed E-state index contributed by atoms with van der Waals surface area (Å²) in [6.07, 6.45) is 0.717. The van der Waals surface area contributed by atoms with Crippen molar-refractivity contribution < 1.29 is 4.79 Å². The van der Waals surface area contributed by atoms with Gasteiger partial charge in [0.2, 0.25) is 0 Å². The van der Waals surface area contributed by atoms with Gasteiger partial charge in [0.15, 0.2) is 5.43 Å². The molecular formula is C24H26N2O2. The molecule has 0 radical (unpaired) electrons. The van der Waals surface area contributed by atoms with Gasteiger partial charge in [-0.2, -0.15) is 0 Å². The number of para-hydroxylation sites is 1. The van der Waals surface area contributed by atoms with E-state index in [0.29, 0.717) is 12.2 Å². The highest BCUT2D eigenvalue weighted by Crippen LogP contribution is 2.28. The molecule has 4 nitrogen and oxygen atoms in total. The number of aromatic nitrogens is 1. The maximum absolute atomic E-state index is 13.6. The van der Waals surface area contributed by atoms with Gasteiger partial charge in [-0.05, 0) is 43.9 Å². The summed E-state index contributed by atoms with van der Waals surface area (Å²) < 4.78 is 0. The monoisotopic (exact) mass is 374 g/mol. The fourth-order valence-electron chi connectivity index (χ4n) is 3.60. The number of nitrogens with one attached hydrogen (secondary N) is 1. The molecular weight excluding hydrogens is 348 g/mol. The number of anilines is 1. The molecule has 1 heterocycles. The molecule has 144 valence electrons. The first-order valence-corrected chi connectivity index (χ1v) is 9.57. The van der Waals surface area contributed by atoms with Crippen LogP contribution in [-0.2, 0) is 13.0 Å². The van der Waals surface area contributed by atoms with Crippen molar-refractivity contribution in [3.05, 3.63) is 98.5 Å². The molecule has 0 fully saturated rings. The van der Waals surface area contributed by atoms with Crippen LogP contribution in [0.5, 0.6) is 0 Å². The number of aryl methyl sites for hydroxylation is 4. The molecule has 28 heavy (non-hydrogen) atoms. The Hall–Kier alpha value is -3.14. The van der Waals surface area contributed by atoms with E-state index < -0.39 is 0 Å². The van der Waals surface area contributed by atoms with Crippen molar-refractivity contribution >= 4 is 11.6 Å². The number of hydrogen-bond acceptors (Lipinski definition) is 2. The Morgan fingerprint density at radius 3 is 2.18 bits per heavy atom.